The summed E-state index contributed by atoms with van der Waals surface area (Å²) in [4.78, 5) is 28.0. The molecule has 2 saturated carbocycles. The van der Waals surface area contributed by atoms with Gasteiger partial charge in [-0.15, -0.1) is 0 Å². The second-order valence-corrected chi connectivity index (χ2v) is 22.1. The number of carbonyl (C=O) groups is 2. The van der Waals surface area contributed by atoms with E-state index in [1.807, 2.05) is 36.4 Å². The third-order valence-electron chi connectivity index (χ3n) is 15.6. The van der Waals surface area contributed by atoms with Gasteiger partial charge >= 0.3 is 11.9 Å². The Bertz CT molecular complexity index is 3120. The molecule has 8 aromatic rings. The smallest absolute Gasteiger partial charge is 0.349 e. The van der Waals surface area contributed by atoms with E-state index in [1.54, 1.807) is 12.1 Å². The predicted molar refractivity (Wildman–Crippen MR) is 295 cm³/mol. The van der Waals surface area contributed by atoms with Crippen LogP contribution in [0, 0.1) is 35.1 Å². The summed E-state index contributed by atoms with van der Waals surface area (Å²) >= 11 is 6.17. The predicted octanol–water partition coefficient (Wildman–Crippen LogP) is 19.7. The van der Waals surface area contributed by atoms with E-state index in [0.29, 0.717) is 33.4 Å². The zero-order valence-electron chi connectivity index (χ0n) is 41.4. The third-order valence-corrected chi connectivity index (χ3v) is 16.5. The summed E-state index contributed by atoms with van der Waals surface area (Å²) in [5.41, 5.74) is 5.15. The van der Waals surface area contributed by atoms with Crippen molar-refractivity contribution in [2.45, 2.75) is 103 Å². The number of carbonyl (C=O) groups excluding carboxylic acids is 2. The van der Waals surface area contributed by atoms with Crippen molar-refractivity contribution < 1.29 is 36.6 Å². The average molecular weight is 1120 g/mol. The van der Waals surface area contributed by atoms with Gasteiger partial charge in [0, 0.05) is 20.1 Å². The molecular weight excluding hydrogens is 1070 g/mol. The zero-order chi connectivity index (χ0) is 51.6. The van der Waals surface area contributed by atoms with Crippen molar-refractivity contribution in [2.75, 3.05) is 0 Å². The van der Waals surface area contributed by atoms with Crippen LogP contribution < -0.4 is 9.47 Å². The quantitative estimate of drug-likeness (QED) is 0.0656. The summed E-state index contributed by atoms with van der Waals surface area (Å²) in [7, 11) is 0. The first-order chi connectivity index (χ1) is 35.8. The van der Waals surface area contributed by atoms with Gasteiger partial charge in [0.25, 0.3) is 0 Å². The lowest BCUT2D eigenvalue weighted by molar-refractivity contribution is 0.0712. The molecule has 10 heteroatoms. The molecule has 0 bridgehead atoms. The van der Waals surface area contributed by atoms with Gasteiger partial charge in [-0.2, -0.15) is 0 Å². The highest BCUT2D eigenvalue weighted by atomic mass is 79.9. The standard InChI is InChI=1S/C64H56Br2F4O4/c1-3-5-37-7-11-39(12-8-37)41-15-19-43(20-16-41)45-23-27-51-47(31-45)25-29-57(73-63(71)61-53(67)33-49(65)34-54(61)68)59(51)60-52-28-24-46(44-21-17-42(18-22-44)40-13-9-38(6-4-2)10-14-40)32-48(52)26-30-58(60)74-64(72)62-55(69)35-50(66)36-56(62)70/h15-40H,3-14H2,1-2H3. The number of fused-ring (bicyclic) bond motifs is 2. The Hall–Kier alpha value is -6.10. The third kappa shape index (κ3) is 10.9. The number of hydrogen-bond acceptors (Lipinski definition) is 4. The van der Waals surface area contributed by atoms with Gasteiger partial charge in [0.1, 0.15) is 45.9 Å². The van der Waals surface area contributed by atoms with Crippen molar-refractivity contribution in [2.24, 2.45) is 11.8 Å². The van der Waals surface area contributed by atoms with Gasteiger partial charge in [0.2, 0.25) is 0 Å². The first-order valence-electron chi connectivity index (χ1n) is 25.9. The first-order valence-corrected chi connectivity index (χ1v) is 27.5. The molecule has 0 unspecified atom stereocenters. The molecular formula is C64H56Br2F4O4. The number of halogens is 6. The van der Waals surface area contributed by atoms with E-state index in [2.05, 4.69) is 94.2 Å². The van der Waals surface area contributed by atoms with E-state index in [9.17, 15) is 9.59 Å². The van der Waals surface area contributed by atoms with Crippen LogP contribution in [-0.4, -0.2) is 11.9 Å². The van der Waals surface area contributed by atoms with Crippen LogP contribution in [-0.2, 0) is 0 Å². The van der Waals surface area contributed by atoms with Crippen LogP contribution in [0.4, 0.5) is 17.6 Å². The second kappa shape index (κ2) is 22.4. The SMILES string of the molecule is CCCC1CCC(c2ccc(-c3ccc4c(-c5c(OC(=O)c6c(F)cc(Br)cc6F)ccc6cc(-c7ccc(C8CCC(CCC)CC8)cc7)ccc56)c(OC(=O)c5c(F)cc(Br)cc5F)ccc4c3)cc2)CC1. The van der Waals surface area contributed by atoms with Crippen molar-refractivity contribution in [1.29, 1.82) is 0 Å². The van der Waals surface area contributed by atoms with Crippen LogP contribution in [0.1, 0.15) is 135 Å². The van der Waals surface area contributed by atoms with E-state index in [-0.39, 0.29) is 31.6 Å². The van der Waals surface area contributed by atoms with Gasteiger partial charge in [-0.1, -0.05) is 156 Å². The Morgan fingerprint density at radius 3 is 1.12 bits per heavy atom. The topological polar surface area (TPSA) is 52.6 Å². The molecule has 0 atom stereocenters. The van der Waals surface area contributed by atoms with Gasteiger partial charge in [-0.3, -0.25) is 0 Å². The maximum atomic E-state index is 15.4. The van der Waals surface area contributed by atoms with Gasteiger partial charge in [0.15, 0.2) is 0 Å². The molecule has 0 aromatic heterocycles. The summed E-state index contributed by atoms with van der Waals surface area (Å²) in [6.07, 6.45) is 14.8. The molecule has 0 saturated heterocycles. The van der Waals surface area contributed by atoms with E-state index in [1.165, 1.54) is 100 Å². The number of hydrogen-bond donors (Lipinski definition) is 0. The molecule has 10 rings (SSSR count). The molecule has 0 spiro atoms. The largest absolute Gasteiger partial charge is 0.422 e. The molecule has 2 fully saturated rings. The average Bonchev–Trinajstić information content (AvgIpc) is 3.39. The molecule has 378 valence electrons. The Balaban J connectivity index is 1.09. The van der Waals surface area contributed by atoms with E-state index < -0.39 is 46.3 Å². The Morgan fingerprint density at radius 2 is 0.784 bits per heavy atom. The molecule has 0 aliphatic heterocycles. The van der Waals surface area contributed by atoms with Crippen LogP contribution in [0.25, 0.3) is 54.9 Å². The van der Waals surface area contributed by atoms with Gasteiger partial charge in [0.05, 0.1) is 0 Å². The summed E-state index contributed by atoms with van der Waals surface area (Å²) in [5.74, 6) is -4.70. The summed E-state index contributed by atoms with van der Waals surface area (Å²) in [6, 6.07) is 39.5. The molecule has 74 heavy (non-hydrogen) atoms. The van der Waals surface area contributed by atoms with Gasteiger partial charge < -0.3 is 9.47 Å². The molecule has 0 amide bonds. The van der Waals surface area contributed by atoms with Crippen LogP contribution in [0.2, 0.25) is 0 Å². The molecule has 0 N–H and O–H groups in total. The molecule has 2 aliphatic rings. The van der Waals surface area contributed by atoms with Crippen molar-refractivity contribution in [3.8, 4) is 44.9 Å². The van der Waals surface area contributed by atoms with E-state index in [4.69, 9.17) is 9.47 Å². The van der Waals surface area contributed by atoms with Crippen LogP contribution >= 0.6 is 31.9 Å². The fourth-order valence-electron chi connectivity index (χ4n) is 11.7. The second-order valence-electron chi connectivity index (χ2n) is 20.3. The molecule has 2 aliphatic carbocycles. The van der Waals surface area contributed by atoms with Crippen molar-refractivity contribution in [3.05, 3.63) is 188 Å². The van der Waals surface area contributed by atoms with Crippen molar-refractivity contribution >= 4 is 65.3 Å². The monoisotopic (exact) mass is 1120 g/mol. The van der Waals surface area contributed by atoms with Gasteiger partial charge in [-0.05, 0) is 178 Å². The molecule has 0 heterocycles. The zero-order valence-corrected chi connectivity index (χ0v) is 44.6. The maximum absolute atomic E-state index is 15.4. The number of rotatable bonds is 13. The lowest BCUT2D eigenvalue weighted by Gasteiger charge is -2.28. The number of esters is 2. The summed E-state index contributed by atoms with van der Waals surface area (Å²) in [6.45, 7) is 4.51. The number of benzene rings is 8. The maximum Gasteiger partial charge on any atom is 0.349 e. The van der Waals surface area contributed by atoms with E-state index in [0.717, 1.165) is 58.4 Å². The lowest BCUT2D eigenvalue weighted by atomic mass is 9.77. The first kappa shape index (κ1) is 51.4. The highest BCUT2D eigenvalue weighted by molar-refractivity contribution is 9.10. The highest BCUT2D eigenvalue weighted by Crippen LogP contribution is 2.48. The molecule has 0 radical (unpaired) electrons. The van der Waals surface area contributed by atoms with E-state index >= 15 is 17.6 Å². The van der Waals surface area contributed by atoms with Crippen molar-refractivity contribution in [1.82, 2.24) is 0 Å². The lowest BCUT2D eigenvalue weighted by Crippen LogP contribution is -2.15. The highest BCUT2D eigenvalue weighted by Gasteiger charge is 2.29. The van der Waals surface area contributed by atoms with Crippen molar-refractivity contribution in [3.63, 3.8) is 0 Å². The fraction of sp³-hybridized carbons (Fsp3) is 0.281. The minimum absolute atomic E-state index is 0.0938. The minimum Gasteiger partial charge on any atom is -0.422 e. The summed E-state index contributed by atoms with van der Waals surface area (Å²) < 4.78 is 73.9. The van der Waals surface area contributed by atoms with Crippen LogP contribution in [0.3, 0.4) is 0 Å². The molecule has 8 aromatic carbocycles. The van der Waals surface area contributed by atoms with Crippen LogP contribution in [0.15, 0.2) is 142 Å². The number of ether oxygens (including phenoxy) is 2. The Labute approximate surface area is 446 Å². The Kier molecular flexibility index (Phi) is 15.6. The van der Waals surface area contributed by atoms with Crippen LogP contribution in [0.5, 0.6) is 11.5 Å². The molecule has 4 nitrogen and oxygen atoms in total. The van der Waals surface area contributed by atoms with Gasteiger partial charge in [-0.25, -0.2) is 27.2 Å². The summed E-state index contributed by atoms with van der Waals surface area (Å²) in [5, 5.41) is 2.47. The fourth-order valence-corrected chi connectivity index (χ4v) is 12.5. The Morgan fingerprint density at radius 1 is 0.446 bits per heavy atom. The minimum atomic E-state index is -1.30. The normalized spacial score (nSPS) is 17.9.